The van der Waals surface area contributed by atoms with Gasteiger partial charge in [-0.1, -0.05) is 29.8 Å². The van der Waals surface area contributed by atoms with E-state index in [9.17, 15) is 4.79 Å². The molecule has 1 aromatic carbocycles. The Bertz CT molecular complexity index is 431. The van der Waals surface area contributed by atoms with Crippen LogP contribution < -0.4 is 5.32 Å². The first-order chi connectivity index (χ1) is 8.58. The highest BCUT2D eigenvalue weighted by atomic mass is 35.5. The molecule has 1 aliphatic rings. The Morgan fingerprint density at radius 3 is 2.83 bits per heavy atom. The van der Waals surface area contributed by atoms with E-state index in [1.54, 1.807) is 11.8 Å². The van der Waals surface area contributed by atoms with Gasteiger partial charge in [-0.3, -0.25) is 0 Å². The van der Waals surface area contributed by atoms with Crippen molar-refractivity contribution in [2.45, 2.75) is 18.9 Å². The third-order valence-corrected chi connectivity index (χ3v) is 3.41. The number of hydrogen-bond acceptors (Lipinski definition) is 2. The zero-order chi connectivity index (χ0) is 13.1. The summed E-state index contributed by atoms with van der Waals surface area (Å²) < 4.78 is 0. The van der Waals surface area contributed by atoms with Gasteiger partial charge in [0.2, 0.25) is 0 Å². The number of carbonyl (C=O) groups is 1. The van der Waals surface area contributed by atoms with E-state index in [0.29, 0.717) is 19.0 Å². The van der Waals surface area contributed by atoms with Crippen molar-refractivity contribution >= 4 is 17.6 Å². The van der Waals surface area contributed by atoms with Crippen LogP contribution in [0.25, 0.3) is 0 Å². The van der Waals surface area contributed by atoms with Crippen LogP contribution >= 0.6 is 11.6 Å². The predicted octanol–water partition coefficient (Wildman–Crippen LogP) is 1.83. The fourth-order valence-electron chi connectivity index (χ4n) is 1.99. The number of benzene rings is 1. The van der Waals surface area contributed by atoms with Crippen LogP contribution in [0.15, 0.2) is 24.3 Å². The van der Waals surface area contributed by atoms with Crippen LogP contribution in [0.3, 0.4) is 0 Å². The quantitative estimate of drug-likeness (QED) is 0.879. The van der Waals surface area contributed by atoms with E-state index in [1.165, 1.54) is 0 Å². The van der Waals surface area contributed by atoms with Crippen LogP contribution in [-0.2, 0) is 0 Å². The Kier molecular flexibility index (Phi) is 4.09. The molecule has 4 nitrogen and oxygen atoms in total. The van der Waals surface area contributed by atoms with E-state index in [1.807, 2.05) is 24.3 Å². The molecule has 1 aliphatic heterocycles. The second-order valence-corrected chi connectivity index (χ2v) is 5.07. The molecular formula is C13H17ClN2O2. The number of urea groups is 1. The van der Waals surface area contributed by atoms with Gasteiger partial charge in [0.15, 0.2) is 0 Å². The van der Waals surface area contributed by atoms with Crippen molar-refractivity contribution in [3.8, 4) is 0 Å². The summed E-state index contributed by atoms with van der Waals surface area (Å²) in [5.74, 6) is 0.316. The molecule has 18 heavy (non-hydrogen) atoms. The van der Waals surface area contributed by atoms with Crippen LogP contribution in [-0.4, -0.2) is 41.8 Å². The molecule has 0 aliphatic carbocycles. The average Bonchev–Trinajstić information content (AvgIpc) is 2.27. The predicted molar refractivity (Wildman–Crippen MR) is 70.8 cm³/mol. The molecule has 1 heterocycles. The number of likely N-dealkylation sites (tertiary alicyclic amines) is 1. The molecular weight excluding hydrogens is 252 g/mol. The highest BCUT2D eigenvalue weighted by molar-refractivity contribution is 6.31. The lowest BCUT2D eigenvalue weighted by Crippen LogP contribution is -2.53. The van der Waals surface area contributed by atoms with E-state index >= 15 is 0 Å². The first-order valence-corrected chi connectivity index (χ1v) is 6.41. The molecule has 2 amide bonds. The molecule has 0 spiro atoms. The summed E-state index contributed by atoms with van der Waals surface area (Å²) in [5, 5.41) is 12.5. The SMILES string of the molecule is CC(O)CNC(=O)N1CC(c2ccccc2Cl)C1. The third-order valence-electron chi connectivity index (χ3n) is 3.06. The van der Waals surface area contributed by atoms with Crippen LogP contribution in [0, 0.1) is 0 Å². The molecule has 98 valence electrons. The largest absolute Gasteiger partial charge is 0.392 e. The molecule has 0 aromatic heterocycles. The van der Waals surface area contributed by atoms with Crippen molar-refractivity contribution in [2.75, 3.05) is 19.6 Å². The number of aliphatic hydroxyl groups excluding tert-OH is 1. The van der Waals surface area contributed by atoms with E-state index < -0.39 is 6.10 Å². The fraction of sp³-hybridized carbons (Fsp3) is 0.462. The first kappa shape index (κ1) is 13.2. The number of halogens is 1. The second-order valence-electron chi connectivity index (χ2n) is 4.66. The fourth-order valence-corrected chi connectivity index (χ4v) is 2.28. The summed E-state index contributed by atoms with van der Waals surface area (Å²) in [6, 6.07) is 7.60. The van der Waals surface area contributed by atoms with Gasteiger partial charge in [-0.25, -0.2) is 4.79 Å². The number of nitrogens with zero attached hydrogens (tertiary/aromatic N) is 1. The molecule has 0 radical (unpaired) electrons. The highest BCUT2D eigenvalue weighted by Crippen LogP contribution is 2.31. The summed E-state index contributed by atoms with van der Waals surface area (Å²) in [6.45, 7) is 3.28. The Morgan fingerprint density at radius 1 is 1.56 bits per heavy atom. The molecule has 2 rings (SSSR count). The number of hydrogen-bond donors (Lipinski definition) is 2. The molecule has 5 heteroatoms. The monoisotopic (exact) mass is 268 g/mol. The molecule has 1 fully saturated rings. The minimum atomic E-state index is -0.519. The van der Waals surface area contributed by atoms with Crippen LogP contribution in [0.1, 0.15) is 18.4 Å². The average molecular weight is 269 g/mol. The maximum Gasteiger partial charge on any atom is 0.317 e. The van der Waals surface area contributed by atoms with Gasteiger partial charge in [-0.15, -0.1) is 0 Å². The molecule has 1 atom stereocenters. The van der Waals surface area contributed by atoms with Crippen LogP contribution in [0.4, 0.5) is 4.79 Å². The topological polar surface area (TPSA) is 52.6 Å². The van der Waals surface area contributed by atoms with E-state index in [4.69, 9.17) is 16.7 Å². The van der Waals surface area contributed by atoms with Crippen molar-refractivity contribution in [3.05, 3.63) is 34.9 Å². The van der Waals surface area contributed by atoms with Gasteiger partial charge < -0.3 is 15.3 Å². The number of aliphatic hydroxyl groups is 1. The van der Waals surface area contributed by atoms with Gasteiger partial charge >= 0.3 is 6.03 Å². The van der Waals surface area contributed by atoms with Gasteiger partial charge in [0.05, 0.1) is 6.10 Å². The Morgan fingerprint density at radius 2 is 2.22 bits per heavy atom. The number of carbonyl (C=O) groups excluding carboxylic acids is 1. The van der Waals surface area contributed by atoms with E-state index in [0.717, 1.165) is 10.6 Å². The van der Waals surface area contributed by atoms with Crippen molar-refractivity contribution < 1.29 is 9.90 Å². The first-order valence-electron chi connectivity index (χ1n) is 6.03. The Balaban J connectivity index is 1.84. The standard InChI is InChI=1S/C13H17ClN2O2/c1-9(17)6-15-13(18)16-7-10(8-16)11-4-2-3-5-12(11)14/h2-5,9-10,17H,6-8H2,1H3,(H,15,18). The molecule has 0 bridgehead atoms. The van der Waals surface area contributed by atoms with E-state index in [2.05, 4.69) is 5.32 Å². The summed E-state index contributed by atoms with van der Waals surface area (Å²) in [7, 11) is 0. The lowest BCUT2D eigenvalue weighted by Gasteiger charge is -2.39. The van der Waals surface area contributed by atoms with E-state index in [-0.39, 0.29) is 12.6 Å². The van der Waals surface area contributed by atoms with Gasteiger partial charge in [0.25, 0.3) is 0 Å². The molecule has 1 saturated heterocycles. The molecule has 2 N–H and O–H groups in total. The second kappa shape index (κ2) is 5.59. The summed E-state index contributed by atoms with van der Waals surface area (Å²) in [4.78, 5) is 13.4. The highest BCUT2D eigenvalue weighted by Gasteiger charge is 2.32. The molecule has 1 aromatic rings. The Hall–Kier alpha value is -1.26. The summed E-state index contributed by atoms with van der Waals surface area (Å²) in [5.41, 5.74) is 1.10. The van der Waals surface area contributed by atoms with Gasteiger partial charge in [-0.05, 0) is 18.6 Å². The number of nitrogens with one attached hydrogen (secondary N) is 1. The summed E-state index contributed by atoms with van der Waals surface area (Å²) in [6.07, 6.45) is -0.519. The summed E-state index contributed by atoms with van der Waals surface area (Å²) >= 11 is 6.11. The minimum absolute atomic E-state index is 0.126. The lowest BCUT2D eigenvalue weighted by molar-refractivity contribution is 0.141. The maximum atomic E-state index is 11.7. The van der Waals surface area contributed by atoms with Crippen molar-refractivity contribution in [1.29, 1.82) is 0 Å². The maximum absolute atomic E-state index is 11.7. The van der Waals surface area contributed by atoms with Crippen molar-refractivity contribution in [3.63, 3.8) is 0 Å². The van der Waals surface area contributed by atoms with Gasteiger partial charge in [0, 0.05) is 30.6 Å². The molecule has 0 saturated carbocycles. The smallest absolute Gasteiger partial charge is 0.317 e. The lowest BCUT2D eigenvalue weighted by atomic mass is 9.92. The zero-order valence-corrected chi connectivity index (χ0v) is 11.0. The minimum Gasteiger partial charge on any atom is -0.392 e. The number of amides is 2. The van der Waals surface area contributed by atoms with Crippen LogP contribution in [0.5, 0.6) is 0 Å². The van der Waals surface area contributed by atoms with Crippen molar-refractivity contribution in [1.82, 2.24) is 10.2 Å². The zero-order valence-electron chi connectivity index (χ0n) is 10.3. The van der Waals surface area contributed by atoms with Crippen molar-refractivity contribution in [2.24, 2.45) is 0 Å². The van der Waals surface area contributed by atoms with Gasteiger partial charge in [-0.2, -0.15) is 0 Å². The van der Waals surface area contributed by atoms with Gasteiger partial charge in [0.1, 0.15) is 0 Å². The third kappa shape index (κ3) is 2.94. The Labute approximate surface area is 112 Å². The molecule has 1 unspecified atom stereocenters. The number of rotatable bonds is 3. The van der Waals surface area contributed by atoms with Crippen LogP contribution in [0.2, 0.25) is 5.02 Å². The normalized spacial score (nSPS) is 17.2.